The maximum atomic E-state index is 6.21. The molecule has 4 aromatic rings. The first-order valence-electron chi connectivity index (χ1n) is 7.96. The number of benzene rings is 2. The number of nitrogens with two attached hydrogens (primary N) is 1. The van der Waals surface area contributed by atoms with Crippen LogP contribution in [0.25, 0.3) is 10.9 Å². The van der Waals surface area contributed by atoms with Gasteiger partial charge >= 0.3 is 0 Å². The van der Waals surface area contributed by atoms with Gasteiger partial charge in [0.1, 0.15) is 17.5 Å². The number of nitrogens with zero attached hydrogens (tertiary/aromatic N) is 3. The zero-order valence-corrected chi connectivity index (χ0v) is 15.4. The quantitative estimate of drug-likeness (QED) is 0.476. The third-order valence-corrected chi connectivity index (χ3v) is 4.67. The molecular formula is C19H13Cl2N5O. The Hall–Kier alpha value is -3.09. The van der Waals surface area contributed by atoms with E-state index in [1.807, 2.05) is 24.3 Å². The van der Waals surface area contributed by atoms with Gasteiger partial charge in [0.2, 0.25) is 5.88 Å². The topological polar surface area (TPSA) is 86.0 Å². The van der Waals surface area contributed by atoms with Crippen molar-refractivity contribution in [3.63, 3.8) is 0 Å². The Morgan fingerprint density at radius 3 is 2.63 bits per heavy atom. The van der Waals surface area contributed by atoms with Crippen LogP contribution in [0.1, 0.15) is 0 Å². The molecule has 0 aliphatic rings. The highest BCUT2D eigenvalue weighted by Gasteiger charge is 2.14. The molecule has 2 heterocycles. The van der Waals surface area contributed by atoms with Crippen molar-refractivity contribution in [1.29, 1.82) is 0 Å². The zero-order chi connectivity index (χ0) is 18.8. The van der Waals surface area contributed by atoms with Crippen LogP contribution in [0.5, 0.6) is 11.6 Å². The number of anilines is 3. The fourth-order valence-electron chi connectivity index (χ4n) is 2.55. The van der Waals surface area contributed by atoms with Crippen molar-refractivity contribution in [3.05, 3.63) is 71.1 Å². The van der Waals surface area contributed by atoms with Crippen molar-refractivity contribution >= 4 is 51.3 Å². The molecule has 0 saturated heterocycles. The predicted octanol–water partition coefficient (Wildman–Crippen LogP) is 5.45. The van der Waals surface area contributed by atoms with Crippen LogP contribution in [0.3, 0.4) is 0 Å². The summed E-state index contributed by atoms with van der Waals surface area (Å²) < 4.78 is 5.92. The van der Waals surface area contributed by atoms with Crippen LogP contribution >= 0.6 is 23.2 Å². The number of nitrogen functional groups attached to an aromatic ring is 1. The Bertz CT molecular complexity index is 1130. The van der Waals surface area contributed by atoms with E-state index < -0.39 is 0 Å². The third kappa shape index (κ3) is 3.45. The normalized spacial score (nSPS) is 10.7. The number of hydrogen-bond acceptors (Lipinski definition) is 6. The largest absolute Gasteiger partial charge is 0.435 e. The number of nitrogens with one attached hydrogen (secondary N) is 1. The van der Waals surface area contributed by atoms with Crippen molar-refractivity contribution in [2.45, 2.75) is 0 Å². The predicted molar refractivity (Wildman–Crippen MR) is 108 cm³/mol. The molecule has 4 rings (SSSR count). The molecule has 0 bridgehead atoms. The average molecular weight is 398 g/mol. The molecule has 0 atom stereocenters. The number of pyridine rings is 1. The first kappa shape index (κ1) is 17.3. The monoisotopic (exact) mass is 397 g/mol. The van der Waals surface area contributed by atoms with E-state index >= 15 is 0 Å². The van der Waals surface area contributed by atoms with E-state index in [9.17, 15) is 0 Å². The van der Waals surface area contributed by atoms with E-state index in [2.05, 4.69) is 20.3 Å². The minimum absolute atomic E-state index is 0.212. The van der Waals surface area contributed by atoms with E-state index in [1.165, 1.54) is 6.33 Å². The molecule has 27 heavy (non-hydrogen) atoms. The Morgan fingerprint density at radius 1 is 0.926 bits per heavy atom. The van der Waals surface area contributed by atoms with Gasteiger partial charge in [0.25, 0.3) is 0 Å². The lowest BCUT2D eigenvalue weighted by atomic mass is 10.2. The van der Waals surface area contributed by atoms with Gasteiger partial charge in [0.05, 0.1) is 15.7 Å². The van der Waals surface area contributed by atoms with E-state index in [0.29, 0.717) is 32.8 Å². The van der Waals surface area contributed by atoms with Crippen LogP contribution in [-0.4, -0.2) is 15.0 Å². The molecular weight excluding hydrogens is 385 g/mol. The molecule has 0 aliphatic heterocycles. The van der Waals surface area contributed by atoms with E-state index in [4.69, 9.17) is 33.7 Å². The molecule has 2 aromatic heterocycles. The Morgan fingerprint density at radius 2 is 1.74 bits per heavy atom. The summed E-state index contributed by atoms with van der Waals surface area (Å²) in [7, 11) is 0. The van der Waals surface area contributed by atoms with Gasteiger partial charge in [-0.05, 0) is 24.3 Å². The molecule has 8 heteroatoms. The fraction of sp³-hybridized carbons (Fsp3) is 0. The summed E-state index contributed by atoms with van der Waals surface area (Å²) in [6.45, 7) is 0. The van der Waals surface area contributed by atoms with Crippen molar-refractivity contribution < 1.29 is 4.74 Å². The minimum Gasteiger partial charge on any atom is -0.435 e. The Kier molecular flexibility index (Phi) is 4.66. The Balaban J connectivity index is 1.69. The number of halogens is 2. The van der Waals surface area contributed by atoms with Crippen molar-refractivity contribution in [2.24, 2.45) is 0 Å². The summed E-state index contributed by atoms with van der Waals surface area (Å²) in [5.74, 6) is 1.12. The van der Waals surface area contributed by atoms with Crippen LogP contribution in [0, 0.1) is 0 Å². The van der Waals surface area contributed by atoms with Gasteiger partial charge in [0.15, 0.2) is 11.6 Å². The number of para-hydroxylation sites is 1. The second-order valence-corrected chi connectivity index (χ2v) is 6.39. The van der Waals surface area contributed by atoms with Gasteiger partial charge in [-0.1, -0.05) is 47.5 Å². The molecule has 0 unspecified atom stereocenters. The van der Waals surface area contributed by atoms with Crippen LogP contribution in [-0.2, 0) is 0 Å². The summed E-state index contributed by atoms with van der Waals surface area (Å²) in [5.41, 5.74) is 7.73. The highest BCUT2D eigenvalue weighted by atomic mass is 35.5. The molecule has 134 valence electrons. The fourth-order valence-corrected chi connectivity index (χ4v) is 2.90. The molecule has 0 saturated carbocycles. The molecule has 0 fully saturated rings. The van der Waals surface area contributed by atoms with Gasteiger partial charge in [-0.15, -0.1) is 0 Å². The second-order valence-electron chi connectivity index (χ2n) is 5.60. The van der Waals surface area contributed by atoms with Crippen LogP contribution in [0.2, 0.25) is 10.0 Å². The number of hydrogen-bond donors (Lipinski definition) is 2. The molecule has 2 aromatic carbocycles. The lowest BCUT2D eigenvalue weighted by Crippen LogP contribution is -2.03. The molecule has 0 amide bonds. The van der Waals surface area contributed by atoms with Crippen molar-refractivity contribution in [1.82, 2.24) is 15.0 Å². The maximum absolute atomic E-state index is 6.21. The maximum Gasteiger partial charge on any atom is 0.248 e. The van der Waals surface area contributed by atoms with Crippen LogP contribution in [0.4, 0.5) is 17.2 Å². The SMILES string of the molecule is Nc1c(Nc2cccc(Cl)c2Cl)ncnc1Oc1cccc2cccnc12. The van der Waals surface area contributed by atoms with Gasteiger partial charge < -0.3 is 15.8 Å². The molecule has 6 nitrogen and oxygen atoms in total. The highest BCUT2D eigenvalue weighted by molar-refractivity contribution is 6.43. The van der Waals surface area contributed by atoms with Gasteiger partial charge in [-0.3, -0.25) is 4.98 Å². The van der Waals surface area contributed by atoms with Crippen molar-refractivity contribution in [3.8, 4) is 11.6 Å². The number of aromatic nitrogens is 3. The van der Waals surface area contributed by atoms with Gasteiger partial charge in [-0.25, -0.2) is 4.98 Å². The van der Waals surface area contributed by atoms with Gasteiger partial charge in [-0.2, -0.15) is 4.98 Å². The summed E-state index contributed by atoms with van der Waals surface area (Å²) in [6.07, 6.45) is 3.05. The van der Waals surface area contributed by atoms with Crippen LogP contribution in [0.15, 0.2) is 61.1 Å². The molecule has 0 aliphatic carbocycles. The van der Waals surface area contributed by atoms with E-state index in [1.54, 1.807) is 30.5 Å². The van der Waals surface area contributed by atoms with E-state index in [-0.39, 0.29) is 11.6 Å². The third-order valence-electron chi connectivity index (χ3n) is 3.85. The summed E-state index contributed by atoms with van der Waals surface area (Å²) in [6, 6.07) is 14.7. The standard InChI is InChI=1S/C19H13Cl2N5O/c20-12-6-2-7-13(15(12)21)26-18-16(22)19(25-10-24-18)27-14-8-1-4-11-5-3-9-23-17(11)14/h1-10H,22H2,(H,24,25,26). The summed E-state index contributed by atoms with van der Waals surface area (Å²) in [4.78, 5) is 12.7. The van der Waals surface area contributed by atoms with Gasteiger partial charge in [0, 0.05) is 11.6 Å². The molecule has 3 N–H and O–H groups in total. The van der Waals surface area contributed by atoms with Crippen molar-refractivity contribution in [2.75, 3.05) is 11.1 Å². The summed E-state index contributed by atoms with van der Waals surface area (Å²) in [5, 5.41) is 4.80. The lowest BCUT2D eigenvalue weighted by Gasteiger charge is -2.13. The highest BCUT2D eigenvalue weighted by Crippen LogP contribution is 2.36. The number of rotatable bonds is 4. The first-order valence-corrected chi connectivity index (χ1v) is 8.72. The number of ether oxygens (including phenoxy) is 1. The molecule has 0 radical (unpaired) electrons. The average Bonchev–Trinajstić information content (AvgIpc) is 2.69. The molecule has 0 spiro atoms. The van der Waals surface area contributed by atoms with Crippen LogP contribution < -0.4 is 15.8 Å². The minimum atomic E-state index is 0.212. The summed E-state index contributed by atoms with van der Waals surface area (Å²) >= 11 is 12.3. The Labute approximate surface area is 164 Å². The first-order chi connectivity index (χ1) is 13.1. The second kappa shape index (κ2) is 7.26. The van der Waals surface area contributed by atoms with E-state index in [0.717, 1.165) is 5.39 Å². The lowest BCUT2D eigenvalue weighted by molar-refractivity contribution is 0.469. The number of fused-ring (bicyclic) bond motifs is 1. The zero-order valence-electron chi connectivity index (χ0n) is 13.9. The smallest absolute Gasteiger partial charge is 0.248 e.